The number of likely N-dealkylation sites (N-methyl/N-ethyl adjacent to an activating group) is 1. The second-order valence-electron chi connectivity index (χ2n) is 16.7. The highest BCUT2D eigenvalue weighted by molar-refractivity contribution is 7.88. The Morgan fingerprint density at radius 2 is 1.70 bits per heavy atom. The molecule has 2 bridgehead atoms. The lowest BCUT2D eigenvalue weighted by molar-refractivity contribution is -0.315. The Morgan fingerprint density at radius 1 is 1.08 bits per heavy atom. The van der Waals surface area contributed by atoms with Crippen LogP contribution in [0.3, 0.4) is 0 Å². The molecule has 5 unspecified atom stereocenters. The number of esters is 1. The van der Waals surface area contributed by atoms with Crippen LogP contribution < -0.4 is 0 Å². The summed E-state index contributed by atoms with van der Waals surface area (Å²) in [6.45, 7) is 17.3. The maximum Gasteiger partial charge on any atom is 0.311 e. The third-order valence-electron chi connectivity index (χ3n) is 12.3. The van der Waals surface area contributed by atoms with Gasteiger partial charge in [-0.25, -0.2) is 8.42 Å². The van der Waals surface area contributed by atoms with E-state index in [-0.39, 0.29) is 19.3 Å². The highest BCUT2D eigenvalue weighted by Crippen LogP contribution is 2.48. The summed E-state index contributed by atoms with van der Waals surface area (Å²) in [5.41, 5.74) is -3.28. The molecule has 3 fully saturated rings. The molecule has 0 aliphatic carbocycles. The molecule has 4 aliphatic rings. The van der Waals surface area contributed by atoms with Gasteiger partial charge >= 0.3 is 5.97 Å². The highest BCUT2D eigenvalue weighted by atomic mass is 32.2. The number of sulfonamides is 1. The lowest BCUT2D eigenvalue weighted by Crippen LogP contribution is -2.60. The second kappa shape index (κ2) is 16.2. The Kier molecular flexibility index (Phi) is 13.5. The minimum atomic E-state index is -3.69. The van der Waals surface area contributed by atoms with Crippen LogP contribution in [0.4, 0.5) is 0 Å². The van der Waals surface area contributed by atoms with E-state index >= 15 is 0 Å². The Bertz CT molecular complexity index is 1440. The van der Waals surface area contributed by atoms with E-state index in [1.807, 2.05) is 20.8 Å². The molecule has 0 aromatic heterocycles. The van der Waals surface area contributed by atoms with Gasteiger partial charge in [-0.05, 0) is 66.9 Å². The summed E-state index contributed by atoms with van der Waals surface area (Å²) in [5, 5.41) is 45.3. The summed E-state index contributed by atoms with van der Waals surface area (Å²) >= 11 is 0. The van der Waals surface area contributed by atoms with Gasteiger partial charge in [0.15, 0.2) is 12.6 Å². The average Bonchev–Trinajstić information content (AvgIpc) is 3.39. The minimum absolute atomic E-state index is 0.114. The van der Waals surface area contributed by atoms with Crippen molar-refractivity contribution in [3.05, 3.63) is 11.3 Å². The third-order valence-corrected chi connectivity index (χ3v) is 13.6. The quantitative estimate of drug-likeness (QED) is 0.235. The number of carbonyl (C=O) groups excluding carboxylic acids is 1. The molecule has 308 valence electrons. The molecule has 0 radical (unpaired) electrons. The number of nitrogens with zero attached hydrogens (tertiary/aromatic N) is 1. The topological polar surface area (TPSA) is 200 Å². The Hall–Kier alpha value is -1.44. The normalized spacial score (nSPS) is 44.9. The number of hydrogen-bond acceptors (Lipinski definition) is 14. The molecular formula is C37H65NO14S. The first-order valence-corrected chi connectivity index (χ1v) is 20.6. The molecule has 4 aliphatic heterocycles. The van der Waals surface area contributed by atoms with E-state index in [2.05, 4.69) is 0 Å². The van der Waals surface area contributed by atoms with Crippen molar-refractivity contribution in [1.29, 1.82) is 0 Å². The van der Waals surface area contributed by atoms with E-state index in [4.69, 9.17) is 33.2 Å². The molecule has 0 amide bonds. The number of aliphatic hydroxyl groups is 4. The van der Waals surface area contributed by atoms with Gasteiger partial charge in [0, 0.05) is 32.9 Å². The van der Waals surface area contributed by atoms with Crippen molar-refractivity contribution in [3.63, 3.8) is 0 Å². The van der Waals surface area contributed by atoms with Crippen molar-refractivity contribution in [1.82, 2.24) is 4.31 Å². The summed E-state index contributed by atoms with van der Waals surface area (Å²) in [6.07, 6.45) is -8.32. The van der Waals surface area contributed by atoms with Crippen molar-refractivity contribution < 1.29 is 66.8 Å². The van der Waals surface area contributed by atoms with E-state index in [9.17, 15) is 33.6 Å². The molecular weight excluding hydrogens is 714 g/mol. The van der Waals surface area contributed by atoms with Gasteiger partial charge in [0.1, 0.15) is 41.4 Å². The van der Waals surface area contributed by atoms with E-state index in [0.717, 1.165) is 16.1 Å². The van der Waals surface area contributed by atoms with E-state index < -0.39 is 118 Å². The smallest absolute Gasteiger partial charge is 0.311 e. The monoisotopic (exact) mass is 779 g/mol. The number of ether oxygens (including phenoxy) is 7. The van der Waals surface area contributed by atoms with Gasteiger partial charge in [0.05, 0.1) is 54.2 Å². The maximum absolute atomic E-state index is 14.3. The standard InChI is InChI=1S/C37H65NO14S/c1-14-25(39)37(10,43)32-20(4)28-18(2)16-36(9,52-28)31(51-34-27(40)24(15-19(3)47-34)38(11)53(13,44)45)21(5)29(22(6)33(42)50-32)49-26-17-35(8,46-12)30(41)23(7)48-26/h19-27,29-32,34,39-41,43H,14-17H2,1-13H3/t19?,20-,21-,22+,23?,24?,25+,26-,27?,29-,30-,31+,32+,34-,35?,36-,37+/m0/s1. The average molecular weight is 780 g/mol. The Balaban J connectivity index is 1.84. The molecule has 15 nitrogen and oxygen atoms in total. The van der Waals surface area contributed by atoms with Gasteiger partial charge < -0.3 is 53.6 Å². The first-order valence-electron chi connectivity index (χ1n) is 18.8. The van der Waals surface area contributed by atoms with Crippen LogP contribution in [0.15, 0.2) is 11.3 Å². The fourth-order valence-corrected chi connectivity index (χ4v) is 9.52. The van der Waals surface area contributed by atoms with Crippen LogP contribution in [-0.4, -0.2) is 144 Å². The third kappa shape index (κ3) is 8.78. The summed E-state index contributed by atoms with van der Waals surface area (Å²) in [5.74, 6) is -2.70. The molecule has 0 spiro atoms. The molecule has 4 heterocycles. The number of rotatable bonds is 10. The minimum Gasteiger partial charge on any atom is -0.488 e. The fraction of sp³-hybridized carbons (Fsp3) is 0.919. The van der Waals surface area contributed by atoms with Gasteiger partial charge in [-0.3, -0.25) is 4.79 Å². The first-order chi connectivity index (χ1) is 24.3. The molecule has 0 aromatic rings. The Labute approximate surface area is 315 Å². The van der Waals surface area contributed by atoms with Crippen molar-refractivity contribution >= 4 is 16.0 Å². The highest BCUT2D eigenvalue weighted by Gasteiger charge is 2.57. The van der Waals surface area contributed by atoms with Crippen molar-refractivity contribution in [3.8, 4) is 0 Å². The van der Waals surface area contributed by atoms with Gasteiger partial charge in [0.2, 0.25) is 10.0 Å². The van der Waals surface area contributed by atoms with Crippen LogP contribution >= 0.6 is 0 Å². The summed E-state index contributed by atoms with van der Waals surface area (Å²) < 4.78 is 70.8. The van der Waals surface area contributed by atoms with Gasteiger partial charge in [-0.2, -0.15) is 4.31 Å². The van der Waals surface area contributed by atoms with E-state index in [1.165, 1.54) is 21.1 Å². The van der Waals surface area contributed by atoms with Gasteiger partial charge in [-0.1, -0.05) is 20.8 Å². The molecule has 17 atom stereocenters. The van der Waals surface area contributed by atoms with Crippen molar-refractivity contribution in [2.24, 2.45) is 17.8 Å². The number of hydrogen-bond donors (Lipinski definition) is 4. The molecule has 4 rings (SSSR count). The predicted molar refractivity (Wildman–Crippen MR) is 193 cm³/mol. The zero-order valence-corrected chi connectivity index (χ0v) is 34.5. The first kappa shape index (κ1) is 44.3. The lowest BCUT2D eigenvalue weighted by atomic mass is 9.78. The SMILES string of the molecule is CC[C@@H](O)[C@@](C)(O)[C@@H]1OC(=O)[C@H](C)[C@@H](O[C@H]2CC(C)(OC)[C@@H](O)C(C)O2)[C@H](C)[C@@H](O[C@@H]2OC(C)CC(N(C)S(C)(=O)=O)C2O)[C@]2(C)CC(C)=C(O2)[C@@H]1C. The summed E-state index contributed by atoms with van der Waals surface area (Å²) in [6, 6.07) is -0.853. The van der Waals surface area contributed by atoms with Crippen LogP contribution in [-0.2, 0) is 48.0 Å². The lowest BCUT2D eigenvalue weighted by Gasteiger charge is -2.48. The van der Waals surface area contributed by atoms with Crippen LogP contribution in [0.5, 0.6) is 0 Å². The zero-order valence-electron chi connectivity index (χ0n) is 33.6. The summed E-state index contributed by atoms with van der Waals surface area (Å²) in [7, 11) is -0.790. The number of carbonyl (C=O) groups is 1. The summed E-state index contributed by atoms with van der Waals surface area (Å²) in [4.78, 5) is 14.3. The predicted octanol–water partition coefficient (Wildman–Crippen LogP) is 2.22. The molecule has 0 aromatic carbocycles. The molecule has 4 N–H and O–H groups in total. The largest absolute Gasteiger partial charge is 0.488 e. The fourth-order valence-electron chi connectivity index (χ4n) is 8.82. The molecule has 16 heteroatoms. The van der Waals surface area contributed by atoms with Crippen LogP contribution in [0.1, 0.15) is 94.9 Å². The van der Waals surface area contributed by atoms with Crippen LogP contribution in [0, 0.1) is 17.8 Å². The molecule has 0 saturated carbocycles. The van der Waals surface area contributed by atoms with E-state index in [0.29, 0.717) is 12.2 Å². The number of methoxy groups -OCH3 is 1. The van der Waals surface area contributed by atoms with Crippen molar-refractivity contribution in [2.75, 3.05) is 20.4 Å². The van der Waals surface area contributed by atoms with Crippen molar-refractivity contribution in [2.45, 2.75) is 179 Å². The van der Waals surface area contributed by atoms with Crippen LogP contribution in [0.25, 0.3) is 0 Å². The molecule has 53 heavy (non-hydrogen) atoms. The van der Waals surface area contributed by atoms with Gasteiger partial charge in [0.25, 0.3) is 0 Å². The number of aliphatic hydroxyl groups excluding tert-OH is 3. The van der Waals surface area contributed by atoms with Gasteiger partial charge in [-0.15, -0.1) is 0 Å². The maximum atomic E-state index is 14.3. The van der Waals surface area contributed by atoms with E-state index in [1.54, 1.807) is 41.5 Å². The zero-order chi connectivity index (χ0) is 40.2. The van der Waals surface area contributed by atoms with Crippen LogP contribution in [0.2, 0.25) is 0 Å². The number of cyclic esters (lactones) is 1. The molecule has 3 saturated heterocycles. The number of fused-ring (bicyclic) bond motifs is 2. The Morgan fingerprint density at radius 3 is 2.26 bits per heavy atom. The second-order valence-corrected chi connectivity index (χ2v) is 18.7.